The Kier molecular flexibility index (Phi) is 6.81. The summed E-state index contributed by atoms with van der Waals surface area (Å²) in [6.45, 7) is 5.58. The molecule has 21 heavy (non-hydrogen) atoms. The molecule has 1 N–H and O–H groups in total. The molecule has 0 aliphatic heterocycles. The lowest BCUT2D eigenvalue weighted by Gasteiger charge is -2.16. The van der Waals surface area contributed by atoms with Gasteiger partial charge in [-0.25, -0.2) is 0 Å². The van der Waals surface area contributed by atoms with E-state index in [1.54, 1.807) is 13.0 Å². The van der Waals surface area contributed by atoms with Crippen molar-refractivity contribution in [2.75, 3.05) is 25.5 Å². The van der Waals surface area contributed by atoms with Gasteiger partial charge in [-0.15, -0.1) is 0 Å². The molecule has 1 rings (SSSR count). The number of amides is 1. The van der Waals surface area contributed by atoms with Gasteiger partial charge in [-0.3, -0.25) is 14.9 Å². The standard InChI is InChI=1S/C15H23N3O3/c1-4-5-9-17(3)10-8-15(19)16-14-7-6-13(18(20)21)11-12(14)2/h6-7,11H,4-5,8-10H2,1-3H3,(H,16,19). The minimum Gasteiger partial charge on any atom is -0.326 e. The molecule has 0 heterocycles. The average molecular weight is 293 g/mol. The lowest BCUT2D eigenvalue weighted by Crippen LogP contribution is -2.25. The van der Waals surface area contributed by atoms with Gasteiger partial charge in [-0.05, 0) is 38.6 Å². The van der Waals surface area contributed by atoms with Gasteiger partial charge in [0, 0.05) is 30.8 Å². The fourth-order valence-electron chi connectivity index (χ4n) is 1.95. The first-order valence-electron chi connectivity index (χ1n) is 7.17. The van der Waals surface area contributed by atoms with Crippen LogP contribution in [0.2, 0.25) is 0 Å². The molecule has 0 unspecified atom stereocenters. The zero-order valence-corrected chi connectivity index (χ0v) is 12.9. The van der Waals surface area contributed by atoms with Gasteiger partial charge in [-0.1, -0.05) is 13.3 Å². The summed E-state index contributed by atoms with van der Waals surface area (Å²) in [6, 6.07) is 4.44. The Balaban J connectivity index is 2.49. The molecule has 0 bridgehead atoms. The molecule has 0 saturated heterocycles. The molecule has 0 aromatic heterocycles. The maximum atomic E-state index is 11.9. The molecule has 0 aliphatic carbocycles. The van der Waals surface area contributed by atoms with Crippen LogP contribution < -0.4 is 5.32 Å². The van der Waals surface area contributed by atoms with Gasteiger partial charge in [0.1, 0.15) is 0 Å². The minimum absolute atomic E-state index is 0.0322. The number of aryl methyl sites for hydroxylation is 1. The van der Waals surface area contributed by atoms with E-state index in [1.165, 1.54) is 12.1 Å². The van der Waals surface area contributed by atoms with E-state index in [-0.39, 0.29) is 11.6 Å². The van der Waals surface area contributed by atoms with Crippen LogP contribution in [0.4, 0.5) is 11.4 Å². The van der Waals surface area contributed by atoms with Crippen molar-refractivity contribution in [3.8, 4) is 0 Å². The van der Waals surface area contributed by atoms with E-state index in [4.69, 9.17) is 0 Å². The fraction of sp³-hybridized carbons (Fsp3) is 0.533. The Bertz CT molecular complexity index is 503. The highest BCUT2D eigenvalue weighted by atomic mass is 16.6. The summed E-state index contributed by atoms with van der Waals surface area (Å²) >= 11 is 0. The number of unbranched alkanes of at least 4 members (excludes halogenated alkanes) is 1. The first kappa shape index (κ1) is 17.1. The highest BCUT2D eigenvalue weighted by molar-refractivity contribution is 5.91. The molecule has 1 aromatic rings. The molecule has 116 valence electrons. The van der Waals surface area contributed by atoms with Crippen LogP contribution in [0.3, 0.4) is 0 Å². The Morgan fingerprint density at radius 1 is 1.38 bits per heavy atom. The highest BCUT2D eigenvalue weighted by Gasteiger charge is 2.10. The van der Waals surface area contributed by atoms with Crippen LogP contribution in [0, 0.1) is 17.0 Å². The lowest BCUT2D eigenvalue weighted by atomic mass is 10.1. The molecule has 0 fully saturated rings. The maximum Gasteiger partial charge on any atom is 0.269 e. The zero-order chi connectivity index (χ0) is 15.8. The molecule has 0 atom stereocenters. The molecule has 1 aromatic carbocycles. The summed E-state index contributed by atoms with van der Waals surface area (Å²) in [5.74, 6) is -0.0738. The average Bonchev–Trinajstić information content (AvgIpc) is 2.44. The normalized spacial score (nSPS) is 10.7. The maximum absolute atomic E-state index is 11.9. The Hall–Kier alpha value is -1.95. The van der Waals surface area contributed by atoms with Gasteiger partial charge in [0.2, 0.25) is 5.91 Å². The van der Waals surface area contributed by atoms with Crippen LogP contribution in [-0.4, -0.2) is 35.9 Å². The largest absolute Gasteiger partial charge is 0.326 e. The Labute approximate surface area is 125 Å². The van der Waals surface area contributed by atoms with E-state index in [1.807, 2.05) is 7.05 Å². The van der Waals surface area contributed by atoms with Crippen molar-refractivity contribution in [1.29, 1.82) is 0 Å². The number of nitro groups is 1. The summed E-state index contributed by atoms with van der Waals surface area (Å²) < 4.78 is 0. The number of nitrogens with zero attached hydrogens (tertiary/aromatic N) is 2. The van der Waals surface area contributed by atoms with E-state index in [9.17, 15) is 14.9 Å². The molecule has 6 nitrogen and oxygen atoms in total. The molecular formula is C15H23N3O3. The smallest absolute Gasteiger partial charge is 0.269 e. The zero-order valence-electron chi connectivity index (χ0n) is 12.9. The first-order valence-corrected chi connectivity index (χ1v) is 7.17. The van der Waals surface area contributed by atoms with Crippen molar-refractivity contribution in [2.45, 2.75) is 33.1 Å². The van der Waals surface area contributed by atoms with Gasteiger partial charge in [0.15, 0.2) is 0 Å². The second kappa shape index (κ2) is 8.36. The number of nitrogens with one attached hydrogen (secondary N) is 1. The molecule has 6 heteroatoms. The molecule has 0 spiro atoms. The van der Waals surface area contributed by atoms with Gasteiger partial charge in [0.05, 0.1) is 4.92 Å². The van der Waals surface area contributed by atoms with Crippen molar-refractivity contribution in [3.63, 3.8) is 0 Å². The summed E-state index contributed by atoms with van der Waals surface area (Å²) in [4.78, 5) is 24.2. The Morgan fingerprint density at radius 3 is 2.67 bits per heavy atom. The van der Waals surface area contributed by atoms with Crippen LogP contribution in [0.5, 0.6) is 0 Å². The van der Waals surface area contributed by atoms with Crippen molar-refractivity contribution in [2.24, 2.45) is 0 Å². The number of carbonyl (C=O) groups is 1. The second-order valence-corrected chi connectivity index (χ2v) is 5.21. The first-order chi connectivity index (χ1) is 9.93. The fourth-order valence-corrected chi connectivity index (χ4v) is 1.95. The van der Waals surface area contributed by atoms with Crippen LogP contribution >= 0.6 is 0 Å². The molecule has 0 aliphatic rings. The summed E-state index contributed by atoms with van der Waals surface area (Å²) in [5.41, 5.74) is 1.35. The van der Waals surface area contributed by atoms with E-state index < -0.39 is 4.92 Å². The molecule has 0 saturated carbocycles. The molecule has 1 amide bonds. The van der Waals surface area contributed by atoms with E-state index in [2.05, 4.69) is 17.1 Å². The second-order valence-electron chi connectivity index (χ2n) is 5.21. The lowest BCUT2D eigenvalue weighted by molar-refractivity contribution is -0.384. The predicted octanol–water partition coefficient (Wildman–Crippen LogP) is 2.96. The quantitative estimate of drug-likeness (QED) is 0.590. The monoisotopic (exact) mass is 293 g/mol. The molecule has 0 radical (unpaired) electrons. The van der Waals surface area contributed by atoms with Crippen molar-refractivity contribution >= 4 is 17.3 Å². The third-order valence-electron chi connectivity index (χ3n) is 3.31. The topological polar surface area (TPSA) is 75.5 Å². The van der Waals surface area contributed by atoms with Crippen molar-refractivity contribution in [3.05, 3.63) is 33.9 Å². The SMILES string of the molecule is CCCCN(C)CCC(=O)Nc1ccc([N+](=O)[O-])cc1C. The number of non-ortho nitro benzene ring substituents is 1. The van der Waals surface area contributed by atoms with Crippen molar-refractivity contribution in [1.82, 2.24) is 4.90 Å². The number of anilines is 1. The summed E-state index contributed by atoms with van der Waals surface area (Å²) in [5, 5.41) is 13.5. The van der Waals surface area contributed by atoms with Gasteiger partial charge >= 0.3 is 0 Å². The van der Waals surface area contributed by atoms with E-state index in [0.29, 0.717) is 24.2 Å². The van der Waals surface area contributed by atoms with Crippen LogP contribution in [0.25, 0.3) is 0 Å². The van der Waals surface area contributed by atoms with E-state index in [0.717, 1.165) is 19.4 Å². The predicted molar refractivity (Wildman–Crippen MR) is 83.5 cm³/mol. The van der Waals surface area contributed by atoms with Gasteiger partial charge in [-0.2, -0.15) is 0 Å². The van der Waals surface area contributed by atoms with Crippen molar-refractivity contribution < 1.29 is 9.72 Å². The van der Waals surface area contributed by atoms with Gasteiger partial charge in [0.25, 0.3) is 5.69 Å². The number of hydrogen-bond donors (Lipinski definition) is 1. The molecular weight excluding hydrogens is 270 g/mol. The third kappa shape index (κ3) is 5.91. The van der Waals surface area contributed by atoms with Crippen LogP contribution in [0.15, 0.2) is 18.2 Å². The Morgan fingerprint density at radius 2 is 2.10 bits per heavy atom. The third-order valence-corrected chi connectivity index (χ3v) is 3.31. The number of hydrogen-bond acceptors (Lipinski definition) is 4. The number of carbonyl (C=O) groups excluding carboxylic acids is 1. The number of benzene rings is 1. The summed E-state index contributed by atoms with van der Waals surface area (Å²) in [6.07, 6.45) is 2.68. The number of nitro benzene ring substituents is 1. The minimum atomic E-state index is -0.443. The van der Waals surface area contributed by atoms with Gasteiger partial charge < -0.3 is 10.2 Å². The summed E-state index contributed by atoms with van der Waals surface area (Å²) in [7, 11) is 2.00. The highest BCUT2D eigenvalue weighted by Crippen LogP contribution is 2.21. The van der Waals surface area contributed by atoms with Crippen LogP contribution in [0.1, 0.15) is 31.7 Å². The van der Waals surface area contributed by atoms with Crippen LogP contribution in [-0.2, 0) is 4.79 Å². The number of rotatable bonds is 8. The van der Waals surface area contributed by atoms with E-state index >= 15 is 0 Å².